The average molecular weight is 195 g/mol. The number of benzene rings is 1. The van der Waals surface area contributed by atoms with Gasteiger partial charge in [0.05, 0.1) is 5.69 Å². The van der Waals surface area contributed by atoms with E-state index in [2.05, 4.69) is 4.98 Å². The second-order valence-electron chi connectivity index (χ2n) is 3.54. The smallest absolute Gasteiger partial charge is 0.151 e. The van der Waals surface area contributed by atoms with Gasteiger partial charge in [0.2, 0.25) is 0 Å². The molecule has 0 bridgehead atoms. The van der Waals surface area contributed by atoms with Gasteiger partial charge >= 0.3 is 0 Å². The highest BCUT2D eigenvalue weighted by atomic mass is 16.1. The second kappa shape index (κ2) is 2.95. The minimum absolute atomic E-state index is 0.775. The Hall–Kier alpha value is -2.09. The molecule has 1 N–H and O–H groups in total. The Kier molecular flexibility index (Phi) is 1.62. The van der Waals surface area contributed by atoms with Crippen molar-refractivity contribution in [3.63, 3.8) is 0 Å². The number of nitrogens with one attached hydrogen (secondary N) is 1. The maximum absolute atomic E-state index is 11.1. The Morgan fingerprint density at radius 1 is 1.00 bits per heavy atom. The molecule has 2 aliphatic rings. The lowest BCUT2D eigenvalue weighted by Crippen LogP contribution is -1.82. The van der Waals surface area contributed by atoms with Crippen molar-refractivity contribution in [3.8, 4) is 11.3 Å². The van der Waals surface area contributed by atoms with Gasteiger partial charge in [-0.2, -0.15) is 0 Å². The van der Waals surface area contributed by atoms with E-state index in [0.29, 0.717) is 0 Å². The largest absolute Gasteiger partial charge is 0.361 e. The van der Waals surface area contributed by atoms with E-state index in [0.717, 1.165) is 33.9 Å². The number of hydrogen-bond acceptors (Lipinski definition) is 1. The third kappa shape index (κ3) is 1.02. The first-order valence-corrected chi connectivity index (χ1v) is 4.85. The molecule has 1 aromatic rings. The van der Waals surface area contributed by atoms with Crippen molar-refractivity contribution < 1.29 is 4.79 Å². The summed E-state index contributed by atoms with van der Waals surface area (Å²) in [6.45, 7) is 0. The first-order valence-electron chi connectivity index (χ1n) is 4.85. The lowest BCUT2D eigenvalue weighted by molar-refractivity contribution is 0.112. The van der Waals surface area contributed by atoms with E-state index in [1.807, 2.05) is 42.6 Å². The molecule has 0 amide bonds. The highest BCUT2D eigenvalue weighted by molar-refractivity contribution is 6.13. The van der Waals surface area contributed by atoms with Crippen molar-refractivity contribution in [1.29, 1.82) is 0 Å². The average Bonchev–Trinajstić information content (AvgIpc) is 2.63. The van der Waals surface area contributed by atoms with Gasteiger partial charge in [-0.05, 0) is 11.5 Å². The Morgan fingerprint density at radius 3 is 2.60 bits per heavy atom. The van der Waals surface area contributed by atoms with Gasteiger partial charge in [-0.1, -0.05) is 30.3 Å². The van der Waals surface area contributed by atoms with E-state index >= 15 is 0 Å². The van der Waals surface area contributed by atoms with Crippen LogP contribution in [0.5, 0.6) is 0 Å². The third-order valence-electron chi connectivity index (χ3n) is 2.75. The van der Waals surface area contributed by atoms with E-state index in [9.17, 15) is 4.79 Å². The fourth-order valence-electron chi connectivity index (χ4n) is 2.09. The van der Waals surface area contributed by atoms with Crippen molar-refractivity contribution in [2.75, 3.05) is 0 Å². The van der Waals surface area contributed by atoms with Gasteiger partial charge in [-0.3, -0.25) is 4.79 Å². The summed E-state index contributed by atoms with van der Waals surface area (Å²) in [5.41, 5.74) is 2.81. The Morgan fingerprint density at radius 2 is 1.80 bits per heavy atom. The van der Waals surface area contributed by atoms with Crippen LogP contribution in [0.3, 0.4) is 0 Å². The number of carbonyl (C=O) groups is 1. The zero-order valence-corrected chi connectivity index (χ0v) is 8.03. The fraction of sp³-hybridized carbons (Fsp3) is 0. The molecule has 1 aromatic carbocycles. The van der Waals surface area contributed by atoms with Crippen LogP contribution in [0, 0.1) is 0 Å². The zero-order chi connectivity index (χ0) is 10.3. The molecule has 0 aromatic heterocycles. The number of fused-ring (bicyclic) bond motifs is 3. The van der Waals surface area contributed by atoms with Crippen LogP contribution in [0.2, 0.25) is 0 Å². The van der Waals surface area contributed by atoms with Gasteiger partial charge in [0, 0.05) is 22.7 Å². The van der Waals surface area contributed by atoms with Crippen molar-refractivity contribution in [2.45, 2.75) is 0 Å². The highest BCUT2D eigenvalue weighted by Gasteiger charge is 2.15. The molecule has 1 heterocycles. The summed E-state index contributed by atoms with van der Waals surface area (Å²) in [5.74, 6) is 0. The number of rotatable bonds is 1. The summed E-state index contributed by atoms with van der Waals surface area (Å²) >= 11 is 0. The fourth-order valence-corrected chi connectivity index (χ4v) is 2.09. The number of H-pyrrole nitrogens is 1. The van der Waals surface area contributed by atoms with Crippen LogP contribution < -0.4 is 0 Å². The third-order valence-corrected chi connectivity index (χ3v) is 2.75. The van der Waals surface area contributed by atoms with Crippen LogP contribution >= 0.6 is 0 Å². The minimum atomic E-state index is 0.775. The van der Waals surface area contributed by atoms with Crippen molar-refractivity contribution in [2.24, 2.45) is 0 Å². The van der Waals surface area contributed by atoms with Crippen LogP contribution in [-0.2, 0) is 0 Å². The van der Waals surface area contributed by atoms with Gasteiger partial charge in [0.15, 0.2) is 6.29 Å². The molecule has 2 nitrogen and oxygen atoms in total. The highest BCUT2D eigenvalue weighted by Crippen LogP contribution is 2.35. The molecule has 0 saturated heterocycles. The lowest BCUT2D eigenvalue weighted by Gasteiger charge is -1.98. The predicted octanol–water partition coefficient (Wildman–Crippen LogP) is 3.09. The van der Waals surface area contributed by atoms with Gasteiger partial charge in [0.25, 0.3) is 0 Å². The standard InChI is InChI=1S/C13H9NO/c15-8-12-9-4-1-2-5-10(9)13-11(12)6-3-7-14-13/h1-8,14H. The number of hydrogen-bond donors (Lipinski definition) is 1. The Labute approximate surface area is 86.9 Å². The van der Waals surface area contributed by atoms with Gasteiger partial charge in [-0.25, -0.2) is 0 Å². The summed E-state index contributed by atoms with van der Waals surface area (Å²) in [7, 11) is 0. The molecule has 0 atom stereocenters. The van der Waals surface area contributed by atoms with Crippen molar-refractivity contribution >= 4 is 17.1 Å². The van der Waals surface area contributed by atoms with E-state index in [4.69, 9.17) is 0 Å². The van der Waals surface area contributed by atoms with Crippen LogP contribution in [-0.4, -0.2) is 11.3 Å². The van der Waals surface area contributed by atoms with Crippen LogP contribution in [0.15, 0.2) is 42.6 Å². The molecule has 3 rings (SSSR count). The van der Waals surface area contributed by atoms with Crippen LogP contribution in [0.25, 0.3) is 22.0 Å². The van der Waals surface area contributed by atoms with Gasteiger partial charge in [-0.15, -0.1) is 0 Å². The van der Waals surface area contributed by atoms with E-state index in [1.165, 1.54) is 0 Å². The topological polar surface area (TPSA) is 32.9 Å². The summed E-state index contributed by atoms with van der Waals surface area (Å²) < 4.78 is 0. The summed E-state index contributed by atoms with van der Waals surface area (Å²) in [6, 6.07) is 11.8. The number of aldehydes is 1. The van der Waals surface area contributed by atoms with Gasteiger partial charge in [0.1, 0.15) is 0 Å². The lowest BCUT2D eigenvalue weighted by atomic mass is 10.1. The zero-order valence-electron chi connectivity index (χ0n) is 8.03. The van der Waals surface area contributed by atoms with E-state index in [1.54, 1.807) is 0 Å². The molecular weight excluding hydrogens is 186 g/mol. The number of carbonyl (C=O) groups excluding carboxylic acids is 1. The van der Waals surface area contributed by atoms with E-state index < -0.39 is 0 Å². The molecule has 2 heteroatoms. The number of pyridine rings is 1. The second-order valence-corrected chi connectivity index (χ2v) is 3.54. The number of aromatic amines is 1. The first kappa shape index (κ1) is 8.24. The molecule has 1 aliphatic heterocycles. The van der Waals surface area contributed by atoms with Crippen LogP contribution in [0.1, 0.15) is 10.4 Å². The molecule has 15 heavy (non-hydrogen) atoms. The minimum Gasteiger partial charge on any atom is -0.361 e. The molecule has 0 unspecified atom stereocenters. The van der Waals surface area contributed by atoms with Crippen molar-refractivity contribution in [3.05, 3.63) is 48.2 Å². The SMILES string of the molecule is O=Cc1c2ccc[nH]c-2c2ccccc12. The summed E-state index contributed by atoms with van der Waals surface area (Å²) in [6.07, 6.45) is 2.81. The predicted molar refractivity (Wildman–Crippen MR) is 60.3 cm³/mol. The molecule has 0 saturated carbocycles. The molecular formula is C13H9NO. The molecule has 1 aliphatic carbocycles. The van der Waals surface area contributed by atoms with Crippen molar-refractivity contribution in [1.82, 2.24) is 4.98 Å². The maximum Gasteiger partial charge on any atom is 0.151 e. The molecule has 0 fully saturated rings. The summed E-state index contributed by atoms with van der Waals surface area (Å²) in [5, 5.41) is 2.13. The van der Waals surface area contributed by atoms with E-state index in [-0.39, 0.29) is 0 Å². The normalized spacial score (nSPS) is 10.9. The molecule has 0 radical (unpaired) electrons. The molecule has 0 spiro atoms. The quantitative estimate of drug-likeness (QED) is 0.594. The summed E-state index contributed by atoms with van der Waals surface area (Å²) in [4.78, 5) is 14.3. The molecule has 72 valence electrons. The number of aromatic nitrogens is 1. The van der Waals surface area contributed by atoms with Gasteiger partial charge < -0.3 is 4.98 Å². The maximum atomic E-state index is 11.1. The van der Waals surface area contributed by atoms with Crippen LogP contribution in [0.4, 0.5) is 0 Å². The Balaban J connectivity index is 2.60. The Bertz CT molecular complexity index is 609. The first-order chi connectivity index (χ1) is 7.42. The monoisotopic (exact) mass is 195 g/mol.